The number of fused-ring (bicyclic) bond motifs is 1. The topological polar surface area (TPSA) is 69.6 Å². The van der Waals surface area contributed by atoms with Gasteiger partial charge in [-0.25, -0.2) is 0 Å². The summed E-state index contributed by atoms with van der Waals surface area (Å²) in [6.07, 6.45) is 0. The molecule has 1 saturated heterocycles. The van der Waals surface area contributed by atoms with E-state index in [9.17, 15) is 14.7 Å². The summed E-state index contributed by atoms with van der Waals surface area (Å²) in [6, 6.07) is 12.3. The number of likely N-dealkylation sites (N-methyl/N-ethyl adjacent to an activating group) is 1. The molecular formula is C16H16N2O3. The van der Waals surface area contributed by atoms with Crippen LogP contribution in [0.4, 0.5) is 0 Å². The number of aliphatic carboxylic acids is 1. The lowest BCUT2D eigenvalue weighted by Gasteiger charge is -2.36. The Hall–Kier alpha value is -2.40. The van der Waals surface area contributed by atoms with Gasteiger partial charge in [-0.15, -0.1) is 0 Å². The first-order chi connectivity index (χ1) is 10.1. The molecule has 3 rings (SSSR count). The van der Waals surface area contributed by atoms with Crippen molar-refractivity contribution in [2.24, 2.45) is 0 Å². The molecule has 2 atom stereocenters. The number of nitrogens with one attached hydrogen (secondary N) is 1. The Morgan fingerprint density at radius 2 is 1.95 bits per heavy atom. The molecule has 5 nitrogen and oxygen atoms in total. The summed E-state index contributed by atoms with van der Waals surface area (Å²) < 4.78 is 0. The Morgan fingerprint density at radius 1 is 1.24 bits per heavy atom. The van der Waals surface area contributed by atoms with Crippen molar-refractivity contribution in [3.05, 3.63) is 48.0 Å². The summed E-state index contributed by atoms with van der Waals surface area (Å²) in [4.78, 5) is 24.8. The zero-order chi connectivity index (χ0) is 15.0. The van der Waals surface area contributed by atoms with E-state index in [4.69, 9.17) is 0 Å². The van der Waals surface area contributed by atoms with E-state index in [0.29, 0.717) is 0 Å². The van der Waals surface area contributed by atoms with Crippen molar-refractivity contribution in [3.8, 4) is 0 Å². The van der Waals surface area contributed by atoms with Crippen LogP contribution in [0.1, 0.15) is 11.6 Å². The largest absolute Gasteiger partial charge is 0.480 e. The zero-order valence-electron chi connectivity index (χ0n) is 11.6. The number of nitrogens with zero attached hydrogens (tertiary/aromatic N) is 1. The van der Waals surface area contributed by atoms with Crippen molar-refractivity contribution in [1.29, 1.82) is 0 Å². The van der Waals surface area contributed by atoms with E-state index in [0.717, 1.165) is 16.3 Å². The Morgan fingerprint density at radius 3 is 2.67 bits per heavy atom. The van der Waals surface area contributed by atoms with Crippen molar-refractivity contribution in [3.63, 3.8) is 0 Å². The molecule has 2 unspecified atom stereocenters. The van der Waals surface area contributed by atoms with Gasteiger partial charge in [0, 0.05) is 0 Å². The van der Waals surface area contributed by atoms with Crippen molar-refractivity contribution in [1.82, 2.24) is 10.2 Å². The van der Waals surface area contributed by atoms with E-state index in [1.54, 1.807) is 11.9 Å². The first-order valence-electron chi connectivity index (χ1n) is 6.77. The van der Waals surface area contributed by atoms with E-state index in [2.05, 4.69) is 5.32 Å². The van der Waals surface area contributed by atoms with E-state index in [1.807, 2.05) is 42.5 Å². The average molecular weight is 284 g/mol. The fourth-order valence-electron chi connectivity index (χ4n) is 2.88. The molecule has 1 aliphatic heterocycles. The van der Waals surface area contributed by atoms with Crippen LogP contribution in [0.3, 0.4) is 0 Å². The highest BCUT2D eigenvalue weighted by Gasteiger charge is 2.38. The third-order valence-corrected chi connectivity index (χ3v) is 3.89. The number of benzene rings is 2. The third-order valence-electron chi connectivity index (χ3n) is 3.89. The minimum absolute atomic E-state index is 0.0983. The predicted octanol–water partition coefficient (Wildman–Crippen LogP) is 1.40. The Balaban J connectivity index is 2.05. The number of hydrogen-bond acceptors (Lipinski definition) is 3. The van der Waals surface area contributed by atoms with E-state index in [-0.39, 0.29) is 12.5 Å². The number of piperazine rings is 1. The van der Waals surface area contributed by atoms with Gasteiger partial charge in [0.15, 0.2) is 0 Å². The summed E-state index contributed by atoms with van der Waals surface area (Å²) in [5.41, 5.74) is 0.806. The molecule has 0 spiro atoms. The predicted molar refractivity (Wildman–Crippen MR) is 78.9 cm³/mol. The molecule has 0 saturated carbocycles. The van der Waals surface area contributed by atoms with Gasteiger partial charge in [0.05, 0.1) is 12.6 Å². The molecule has 2 aromatic carbocycles. The molecule has 1 heterocycles. The van der Waals surface area contributed by atoms with Crippen molar-refractivity contribution >= 4 is 22.6 Å². The summed E-state index contributed by atoms with van der Waals surface area (Å²) in [5.74, 6) is -1.09. The number of carbonyl (C=O) groups excluding carboxylic acids is 1. The molecule has 0 aromatic heterocycles. The first kappa shape index (κ1) is 13.6. The highest BCUT2D eigenvalue weighted by atomic mass is 16.4. The van der Waals surface area contributed by atoms with Crippen LogP contribution < -0.4 is 5.32 Å². The van der Waals surface area contributed by atoms with Gasteiger partial charge in [0.1, 0.15) is 6.04 Å². The van der Waals surface area contributed by atoms with Crippen molar-refractivity contribution < 1.29 is 14.7 Å². The smallest absolute Gasteiger partial charge is 0.323 e. The van der Waals surface area contributed by atoms with E-state index >= 15 is 0 Å². The van der Waals surface area contributed by atoms with Gasteiger partial charge in [-0.1, -0.05) is 36.4 Å². The lowest BCUT2D eigenvalue weighted by molar-refractivity contribution is -0.147. The second kappa shape index (κ2) is 5.18. The van der Waals surface area contributed by atoms with Crippen LogP contribution in [0.15, 0.2) is 42.5 Å². The van der Waals surface area contributed by atoms with Crippen molar-refractivity contribution in [2.75, 3.05) is 13.6 Å². The maximum absolute atomic E-state index is 11.7. The number of carboxylic acid groups (broad SMARTS) is 1. The second-order valence-electron chi connectivity index (χ2n) is 5.35. The number of carboxylic acids is 1. The maximum atomic E-state index is 11.7. The number of carbonyl (C=O) groups is 2. The zero-order valence-corrected chi connectivity index (χ0v) is 11.6. The SMILES string of the molecule is CN1CC(=O)NC(c2ccc3ccccc3c2)C1C(=O)O. The number of amides is 1. The standard InChI is InChI=1S/C16H16N2O3/c1-18-9-13(19)17-14(15(18)16(20)21)12-7-6-10-4-2-3-5-11(10)8-12/h2-8,14-15H,9H2,1H3,(H,17,19)(H,20,21). The van der Waals surface area contributed by atoms with Crippen LogP contribution in [-0.2, 0) is 9.59 Å². The fraction of sp³-hybridized carbons (Fsp3) is 0.250. The molecule has 5 heteroatoms. The van der Waals surface area contributed by atoms with Gasteiger partial charge < -0.3 is 10.4 Å². The molecule has 1 fully saturated rings. The lowest BCUT2D eigenvalue weighted by Crippen LogP contribution is -2.57. The summed E-state index contributed by atoms with van der Waals surface area (Å²) >= 11 is 0. The lowest BCUT2D eigenvalue weighted by atomic mass is 9.94. The Kier molecular flexibility index (Phi) is 3.35. The molecule has 0 bridgehead atoms. The number of hydrogen-bond donors (Lipinski definition) is 2. The van der Waals surface area contributed by atoms with E-state index < -0.39 is 18.1 Å². The molecule has 1 amide bonds. The summed E-state index contributed by atoms with van der Waals surface area (Å²) in [7, 11) is 1.66. The molecular weight excluding hydrogens is 268 g/mol. The second-order valence-corrected chi connectivity index (χ2v) is 5.35. The van der Waals surface area contributed by atoms with Crippen LogP contribution in [0.2, 0.25) is 0 Å². The van der Waals surface area contributed by atoms with Crippen LogP contribution in [0, 0.1) is 0 Å². The average Bonchev–Trinajstić information content (AvgIpc) is 2.45. The Labute approximate surface area is 122 Å². The van der Waals surface area contributed by atoms with Gasteiger partial charge in [-0.2, -0.15) is 0 Å². The summed E-state index contributed by atoms with van der Waals surface area (Å²) in [5, 5.41) is 14.4. The molecule has 0 radical (unpaired) electrons. The molecule has 2 N–H and O–H groups in total. The number of rotatable bonds is 2. The van der Waals surface area contributed by atoms with Gasteiger partial charge in [0.2, 0.25) is 5.91 Å². The first-order valence-corrected chi connectivity index (χ1v) is 6.77. The van der Waals surface area contributed by atoms with Gasteiger partial charge in [0.25, 0.3) is 0 Å². The third kappa shape index (κ3) is 2.48. The fourth-order valence-corrected chi connectivity index (χ4v) is 2.88. The monoisotopic (exact) mass is 284 g/mol. The van der Waals surface area contributed by atoms with E-state index in [1.165, 1.54) is 0 Å². The highest BCUT2D eigenvalue weighted by molar-refractivity contribution is 5.86. The molecule has 2 aromatic rings. The molecule has 108 valence electrons. The summed E-state index contributed by atoms with van der Waals surface area (Å²) in [6.45, 7) is 0.0983. The maximum Gasteiger partial charge on any atom is 0.323 e. The van der Waals surface area contributed by atoms with Gasteiger partial charge >= 0.3 is 5.97 Å². The quantitative estimate of drug-likeness (QED) is 0.874. The highest BCUT2D eigenvalue weighted by Crippen LogP contribution is 2.26. The minimum Gasteiger partial charge on any atom is -0.480 e. The Bertz CT molecular complexity index is 713. The van der Waals surface area contributed by atoms with Crippen LogP contribution >= 0.6 is 0 Å². The minimum atomic E-state index is -0.935. The molecule has 1 aliphatic rings. The molecule has 0 aliphatic carbocycles. The van der Waals surface area contributed by atoms with Crippen LogP contribution in [0.5, 0.6) is 0 Å². The van der Waals surface area contributed by atoms with Crippen molar-refractivity contribution in [2.45, 2.75) is 12.1 Å². The normalized spacial score (nSPS) is 23.0. The van der Waals surface area contributed by atoms with Gasteiger partial charge in [-0.05, 0) is 29.4 Å². The van der Waals surface area contributed by atoms with Gasteiger partial charge in [-0.3, -0.25) is 14.5 Å². The molecule has 21 heavy (non-hydrogen) atoms. The van der Waals surface area contributed by atoms with Crippen LogP contribution in [-0.4, -0.2) is 41.5 Å². The van der Waals surface area contributed by atoms with Crippen LogP contribution in [0.25, 0.3) is 10.8 Å².